The Morgan fingerprint density at radius 1 is 1.09 bits per heavy atom. The summed E-state index contributed by atoms with van der Waals surface area (Å²) >= 11 is 0. The summed E-state index contributed by atoms with van der Waals surface area (Å²) < 4.78 is 0. The fraction of sp³-hybridized carbons (Fsp3) is 0.389. The molecule has 4 heteroatoms. The van der Waals surface area contributed by atoms with E-state index in [2.05, 4.69) is 20.8 Å². The molecule has 0 aliphatic heterocycles. The second-order valence-corrected chi connectivity index (χ2v) is 6.62. The summed E-state index contributed by atoms with van der Waals surface area (Å²) in [5, 5.41) is 9.40. The first-order chi connectivity index (χ1) is 10.1. The molecule has 0 aliphatic rings. The molecule has 0 heterocycles. The number of carboxylic acids is 1. The number of aldehydes is 1. The van der Waals surface area contributed by atoms with Crippen molar-refractivity contribution in [1.82, 2.24) is 0 Å². The van der Waals surface area contributed by atoms with Crippen LogP contribution < -0.4 is 0 Å². The molecule has 1 atom stereocenters. The summed E-state index contributed by atoms with van der Waals surface area (Å²) in [7, 11) is 0. The molecule has 1 aromatic rings. The van der Waals surface area contributed by atoms with E-state index >= 15 is 0 Å². The SMILES string of the molecule is CC(Cc1ccc(C(C)(C)C)cc1)(C(=O)O)C(=O)C=CC=O. The molecule has 0 bridgehead atoms. The highest BCUT2D eigenvalue weighted by Crippen LogP contribution is 2.27. The lowest BCUT2D eigenvalue weighted by atomic mass is 9.78. The molecule has 0 aromatic heterocycles. The molecule has 0 amide bonds. The number of aliphatic carboxylic acids is 1. The summed E-state index contributed by atoms with van der Waals surface area (Å²) in [5.74, 6) is -1.79. The molecule has 0 aliphatic carbocycles. The van der Waals surface area contributed by atoms with E-state index in [-0.39, 0.29) is 11.8 Å². The van der Waals surface area contributed by atoms with Gasteiger partial charge in [0, 0.05) is 0 Å². The molecule has 1 rings (SSSR count). The van der Waals surface area contributed by atoms with Crippen LogP contribution in [-0.4, -0.2) is 23.1 Å². The van der Waals surface area contributed by atoms with Gasteiger partial charge >= 0.3 is 5.97 Å². The van der Waals surface area contributed by atoms with E-state index in [1.54, 1.807) is 0 Å². The van der Waals surface area contributed by atoms with Gasteiger partial charge in [-0.15, -0.1) is 0 Å². The van der Waals surface area contributed by atoms with Gasteiger partial charge in [0.15, 0.2) is 5.78 Å². The quantitative estimate of drug-likeness (QED) is 0.498. The summed E-state index contributed by atoms with van der Waals surface area (Å²) in [6.45, 7) is 7.66. The zero-order valence-electron chi connectivity index (χ0n) is 13.4. The standard InChI is InChI=1S/C18H22O4/c1-17(2,3)14-9-7-13(8-10-14)12-18(4,16(21)22)15(20)6-5-11-19/h5-11H,12H2,1-4H3,(H,21,22). The Kier molecular flexibility index (Phi) is 5.42. The van der Waals surface area contributed by atoms with Crippen LogP contribution in [0.5, 0.6) is 0 Å². The number of carbonyl (C=O) groups is 3. The van der Waals surface area contributed by atoms with Gasteiger partial charge in [-0.25, -0.2) is 0 Å². The predicted octanol–water partition coefficient (Wildman–Crippen LogP) is 2.94. The van der Waals surface area contributed by atoms with E-state index in [4.69, 9.17) is 0 Å². The number of ketones is 1. The highest BCUT2D eigenvalue weighted by molar-refractivity contribution is 6.09. The van der Waals surface area contributed by atoms with Gasteiger partial charge in [-0.1, -0.05) is 45.0 Å². The normalized spacial score (nSPS) is 14.5. The van der Waals surface area contributed by atoms with Crippen molar-refractivity contribution in [3.63, 3.8) is 0 Å². The van der Waals surface area contributed by atoms with Crippen LogP contribution in [0.4, 0.5) is 0 Å². The summed E-state index contributed by atoms with van der Waals surface area (Å²) in [4.78, 5) is 33.9. The van der Waals surface area contributed by atoms with E-state index in [9.17, 15) is 19.5 Å². The topological polar surface area (TPSA) is 71.4 Å². The minimum atomic E-state index is -1.58. The minimum Gasteiger partial charge on any atom is -0.480 e. The van der Waals surface area contributed by atoms with Crippen LogP contribution in [0.3, 0.4) is 0 Å². The maximum Gasteiger partial charge on any atom is 0.317 e. The summed E-state index contributed by atoms with van der Waals surface area (Å²) in [5.41, 5.74) is 0.339. The Labute approximate surface area is 130 Å². The lowest BCUT2D eigenvalue weighted by Crippen LogP contribution is -2.37. The van der Waals surface area contributed by atoms with Crippen LogP contribution >= 0.6 is 0 Å². The van der Waals surface area contributed by atoms with Crippen LogP contribution in [0.25, 0.3) is 0 Å². The molecule has 0 saturated carbocycles. The Morgan fingerprint density at radius 3 is 2.05 bits per heavy atom. The lowest BCUT2D eigenvalue weighted by Gasteiger charge is -2.23. The smallest absolute Gasteiger partial charge is 0.317 e. The van der Waals surface area contributed by atoms with Crippen molar-refractivity contribution in [2.45, 2.75) is 39.5 Å². The average molecular weight is 302 g/mol. The van der Waals surface area contributed by atoms with Crippen molar-refractivity contribution in [1.29, 1.82) is 0 Å². The van der Waals surface area contributed by atoms with Crippen molar-refractivity contribution in [3.8, 4) is 0 Å². The van der Waals surface area contributed by atoms with Crippen LogP contribution in [0.15, 0.2) is 36.4 Å². The fourth-order valence-corrected chi connectivity index (χ4v) is 2.11. The molecule has 0 fully saturated rings. The highest BCUT2D eigenvalue weighted by atomic mass is 16.4. The molecular weight excluding hydrogens is 280 g/mol. The first-order valence-electron chi connectivity index (χ1n) is 7.10. The van der Waals surface area contributed by atoms with Gasteiger partial charge in [0.2, 0.25) is 0 Å². The van der Waals surface area contributed by atoms with Crippen LogP contribution in [0.2, 0.25) is 0 Å². The van der Waals surface area contributed by atoms with Gasteiger partial charge in [0.25, 0.3) is 0 Å². The Balaban J connectivity index is 3.06. The van der Waals surface area contributed by atoms with Crippen LogP contribution in [-0.2, 0) is 26.2 Å². The van der Waals surface area contributed by atoms with Gasteiger partial charge in [0.05, 0.1) is 0 Å². The van der Waals surface area contributed by atoms with E-state index in [0.29, 0.717) is 6.29 Å². The van der Waals surface area contributed by atoms with Crippen molar-refractivity contribution in [2.75, 3.05) is 0 Å². The Morgan fingerprint density at radius 2 is 1.64 bits per heavy atom. The van der Waals surface area contributed by atoms with E-state index in [1.807, 2.05) is 24.3 Å². The van der Waals surface area contributed by atoms with Gasteiger partial charge in [-0.3, -0.25) is 14.4 Å². The van der Waals surface area contributed by atoms with Crippen molar-refractivity contribution < 1.29 is 19.5 Å². The van der Waals surface area contributed by atoms with E-state index in [0.717, 1.165) is 23.3 Å². The predicted molar refractivity (Wildman–Crippen MR) is 84.8 cm³/mol. The second kappa shape index (κ2) is 6.69. The minimum absolute atomic E-state index is 0.0111. The number of hydrogen-bond acceptors (Lipinski definition) is 3. The molecule has 1 unspecified atom stereocenters. The van der Waals surface area contributed by atoms with Gasteiger partial charge < -0.3 is 5.11 Å². The molecule has 118 valence electrons. The summed E-state index contributed by atoms with van der Waals surface area (Å²) in [6, 6.07) is 7.59. The van der Waals surface area contributed by atoms with E-state index < -0.39 is 17.2 Å². The van der Waals surface area contributed by atoms with Gasteiger partial charge in [-0.2, -0.15) is 0 Å². The third-order valence-electron chi connectivity index (χ3n) is 3.72. The van der Waals surface area contributed by atoms with E-state index in [1.165, 1.54) is 6.92 Å². The molecule has 1 N–H and O–H groups in total. The monoisotopic (exact) mass is 302 g/mol. The van der Waals surface area contributed by atoms with Crippen molar-refractivity contribution in [3.05, 3.63) is 47.5 Å². The molecule has 1 aromatic carbocycles. The second-order valence-electron chi connectivity index (χ2n) is 6.62. The zero-order chi connectivity index (χ0) is 17.0. The molecule has 4 nitrogen and oxygen atoms in total. The fourth-order valence-electron chi connectivity index (χ4n) is 2.11. The molecule has 0 spiro atoms. The highest BCUT2D eigenvalue weighted by Gasteiger charge is 2.39. The third kappa shape index (κ3) is 4.13. The lowest BCUT2D eigenvalue weighted by molar-refractivity contribution is -0.152. The van der Waals surface area contributed by atoms with Crippen LogP contribution in [0.1, 0.15) is 38.8 Å². The van der Waals surface area contributed by atoms with Gasteiger partial charge in [0.1, 0.15) is 11.7 Å². The number of rotatable bonds is 6. The molecule has 0 radical (unpaired) electrons. The first-order valence-corrected chi connectivity index (χ1v) is 7.10. The number of benzene rings is 1. The average Bonchev–Trinajstić information content (AvgIpc) is 2.43. The Bertz CT molecular complexity index is 591. The molecule has 22 heavy (non-hydrogen) atoms. The number of carbonyl (C=O) groups excluding carboxylic acids is 2. The Hall–Kier alpha value is -2.23. The molecule has 0 saturated heterocycles. The summed E-state index contributed by atoms with van der Waals surface area (Å²) in [6.07, 6.45) is 2.57. The maximum absolute atomic E-state index is 12.1. The number of allylic oxidation sites excluding steroid dienone is 2. The largest absolute Gasteiger partial charge is 0.480 e. The van der Waals surface area contributed by atoms with Crippen LogP contribution in [0, 0.1) is 5.41 Å². The maximum atomic E-state index is 12.1. The third-order valence-corrected chi connectivity index (χ3v) is 3.72. The van der Waals surface area contributed by atoms with Gasteiger partial charge in [-0.05, 0) is 42.0 Å². The first kappa shape index (κ1) is 17.8. The molecular formula is C18H22O4. The zero-order valence-corrected chi connectivity index (χ0v) is 13.4. The number of hydrogen-bond donors (Lipinski definition) is 1. The number of carboxylic acid groups (broad SMARTS) is 1. The van der Waals surface area contributed by atoms with Crippen molar-refractivity contribution in [2.24, 2.45) is 5.41 Å². The van der Waals surface area contributed by atoms with Crippen molar-refractivity contribution >= 4 is 18.0 Å².